The molecular weight excluding hydrogens is 331 g/mol. The van der Waals surface area contributed by atoms with E-state index in [1.54, 1.807) is 17.0 Å². The number of benzene rings is 2. The zero-order valence-corrected chi connectivity index (χ0v) is 14.6. The molecule has 2 aromatic rings. The van der Waals surface area contributed by atoms with Crippen molar-refractivity contribution in [2.45, 2.75) is 31.4 Å². The van der Waals surface area contributed by atoms with Gasteiger partial charge in [0.05, 0.1) is 6.04 Å². The van der Waals surface area contributed by atoms with Crippen molar-refractivity contribution in [2.75, 3.05) is 13.1 Å². The first-order valence-electron chi connectivity index (χ1n) is 9.18. The first-order valence-corrected chi connectivity index (χ1v) is 9.18. The van der Waals surface area contributed by atoms with Crippen LogP contribution in [0.5, 0.6) is 0 Å². The Labute approximate surface area is 152 Å². The van der Waals surface area contributed by atoms with E-state index in [9.17, 15) is 9.18 Å². The highest BCUT2D eigenvalue weighted by atomic mass is 19.1. The van der Waals surface area contributed by atoms with E-state index in [1.807, 2.05) is 18.2 Å². The molecule has 5 heteroatoms. The zero-order chi connectivity index (χ0) is 18.1. The number of amides is 1. The fourth-order valence-corrected chi connectivity index (χ4v) is 3.93. The number of halogens is 1. The van der Waals surface area contributed by atoms with Crippen LogP contribution in [-0.2, 0) is 11.2 Å². The number of rotatable bonds is 3. The molecule has 4 nitrogen and oxygen atoms in total. The molecule has 1 amide bonds. The maximum atomic E-state index is 13.4. The monoisotopic (exact) mass is 354 g/mol. The van der Waals surface area contributed by atoms with E-state index in [4.69, 9.17) is 10.5 Å². The van der Waals surface area contributed by atoms with Crippen LogP contribution >= 0.6 is 0 Å². The first kappa shape index (κ1) is 17.0. The second kappa shape index (κ2) is 7.08. The molecule has 2 aliphatic rings. The van der Waals surface area contributed by atoms with Gasteiger partial charge in [-0.15, -0.1) is 0 Å². The lowest BCUT2D eigenvalue weighted by Gasteiger charge is -2.40. The van der Waals surface area contributed by atoms with E-state index >= 15 is 0 Å². The normalized spacial score (nSPS) is 24.5. The summed E-state index contributed by atoms with van der Waals surface area (Å²) in [5.74, 6) is -0.0208. The Kier molecular flexibility index (Phi) is 4.64. The number of ether oxygens (including phenoxy) is 1. The van der Waals surface area contributed by atoms with E-state index in [0.717, 1.165) is 30.4 Å². The summed E-state index contributed by atoms with van der Waals surface area (Å²) in [6.07, 6.45) is 2.28. The molecule has 0 aromatic heterocycles. The zero-order valence-electron chi connectivity index (χ0n) is 14.6. The summed E-state index contributed by atoms with van der Waals surface area (Å²) in [6, 6.07) is 14.2. The van der Waals surface area contributed by atoms with E-state index in [1.165, 1.54) is 17.7 Å². The van der Waals surface area contributed by atoms with Crippen LogP contribution in [0, 0.1) is 11.7 Å². The van der Waals surface area contributed by atoms with Crippen LogP contribution in [0.1, 0.15) is 35.6 Å². The van der Waals surface area contributed by atoms with E-state index < -0.39 is 0 Å². The SMILES string of the molecule is NC[C@H]1CC[C@H]1OC(=O)N1CCc2ccccc2[C@@H]1c1ccc(F)cc1. The fraction of sp³-hybridized carbons (Fsp3) is 0.381. The highest BCUT2D eigenvalue weighted by Crippen LogP contribution is 2.37. The van der Waals surface area contributed by atoms with Crippen molar-refractivity contribution in [3.05, 3.63) is 71.0 Å². The van der Waals surface area contributed by atoms with Gasteiger partial charge in [-0.2, -0.15) is 0 Å². The van der Waals surface area contributed by atoms with Crippen LogP contribution in [0.15, 0.2) is 48.5 Å². The molecule has 0 radical (unpaired) electrons. The Morgan fingerprint density at radius 1 is 1.15 bits per heavy atom. The minimum atomic E-state index is -0.308. The molecular formula is C21H23FN2O2. The third-order valence-corrected chi connectivity index (χ3v) is 5.61. The standard InChI is InChI=1S/C21H23FN2O2/c22-17-8-5-15(6-9-17)20-18-4-2-1-3-14(18)11-12-24(20)21(25)26-19-10-7-16(19)13-23/h1-6,8-9,16,19-20H,7,10-13,23H2/t16-,19-,20+/m1/s1. The van der Waals surface area contributed by atoms with Gasteiger partial charge in [-0.05, 0) is 54.6 Å². The number of carbonyl (C=O) groups excluding carboxylic acids is 1. The Balaban J connectivity index is 1.64. The van der Waals surface area contributed by atoms with Crippen LogP contribution in [0.25, 0.3) is 0 Å². The predicted octanol–water partition coefficient (Wildman–Crippen LogP) is 3.65. The van der Waals surface area contributed by atoms with E-state index in [0.29, 0.717) is 13.1 Å². The number of hydrogen-bond acceptors (Lipinski definition) is 3. The summed E-state index contributed by atoms with van der Waals surface area (Å²) in [7, 11) is 0. The van der Waals surface area contributed by atoms with Crippen LogP contribution in [-0.4, -0.2) is 30.2 Å². The smallest absolute Gasteiger partial charge is 0.410 e. The second-order valence-electron chi connectivity index (χ2n) is 7.09. The molecule has 0 unspecified atom stereocenters. The molecule has 26 heavy (non-hydrogen) atoms. The minimum absolute atomic E-state index is 0.0847. The van der Waals surface area contributed by atoms with Gasteiger partial charge < -0.3 is 10.5 Å². The van der Waals surface area contributed by atoms with Crippen molar-refractivity contribution in [2.24, 2.45) is 11.7 Å². The summed E-state index contributed by atoms with van der Waals surface area (Å²) < 4.78 is 19.1. The summed E-state index contributed by atoms with van der Waals surface area (Å²) in [5.41, 5.74) is 8.91. The fourth-order valence-electron chi connectivity index (χ4n) is 3.93. The molecule has 4 rings (SSSR count). The highest BCUT2D eigenvalue weighted by molar-refractivity contribution is 5.70. The quantitative estimate of drug-likeness (QED) is 0.915. The van der Waals surface area contributed by atoms with E-state index in [-0.39, 0.29) is 30.0 Å². The molecule has 1 aliphatic heterocycles. The third kappa shape index (κ3) is 3.07. The van der Waals surface area contributed by atoms with Gasteiger partial charge in [0.15, 0.2) is 0 Å². The van der Waals surface area contributed by atoms with Gasteiger partial charge in [0, 0.05) is 12.5 Å². The van der Waals surface area contributed by atoms with Crippen LogP contribution < -0.4 is 5.73 Å². The molecule has 0 spiro atoms. The largest absolute Gasteiger partial charge is 0.446 e. The average molecular weight is 354 g/mol. The Hall–Kier alpha value is -2.40. The molecule has 1 heterocycles. The van der Waals surface area contributed by atoms with Gasteiger partial charge in [-0.3, -0.25) is 4.90 Å². The lowest BCUT2D eigenvalue weighted by atomic mass is 9.82. The van der Waals surface area contributed by atoms with Crippen molar-refractivity contribution in [3.8, 4) is 0 Å². The number of nitrogens with zero attached hydrogens (tertiary/aromatic N) is 1. The van der Waals surface area contributed by atoms with Gasteiger partial charge in [0.25, 0.3) is 0 Å². The molecule has 1 fully saturated rings. The minimum Gasteiger partial charge on any atom is -0.446 e. The first-order chi connectivity index (χ1) is 12.7. The van der Waals surface area contributed by atoms with Crippen molar-refractivity contribution < 1.29 is 13.9 Å². The van der Waals surface area contributed by atoms with Crippen LogP contribution in [0.3, 0.4) is 0 Å². The molecule has 1 saturated carbocycles. The summed E-state index contributed by atoms with van der Waals surface area (Å²) in [4.78, 5) is 14.7. The number of hydrogen-bond donors (Lipinski definition) is 1. The number of carbonyl (C=O) groups is 1. The van der Waals surface area contributed by atoms with Crippen molar-refractivity contribution in [1.82, 2.24) is 4.90 Å². The number of nitrogens with two attached hydrogens (primary N) is 1. The lowest BCUT2D eigenvalue weighted by Crippen LogP contribution is -2.46. The summed E-state index contributed by atoms with van der Waals surface area (Å²) in [6.45, 7) is 1.13. The van der Waals surface area contributed by atoms with Gasteiger partial charge in [0.2, 0.25) is 0 Å². The topological polar surface area (TPSA) is 55.6 Å². The van der Waals surface area contributed by atoms with Gasteiger partial charge in [-0.1, -0.05) is 36.4 Å². The molecule has 0 saturated heterocycles. The average Bonchev–Trinajstić information content (AvgIpc) is 2.65. The maximum absolute atomic E-state index is 13.4. The molecule has 136 valence electrons. The Morgan fingerprint density at radius 3 is 2.62 bits per heavy atom. The van der Waals surface area contributed by atoms with Crippen molar-refractivity contribution >= 4 is 6.09 Å². The molecule has 1 aliphatic carbocycles. The van der Waals surface area contributed by atoms with Crippen LogP contribution in [0.2, 0.25) is 0 Å². The number of fused-ring (bicyclic) bond motifs is 1. The summed E-state index contributed by atoms with van der Waals surface area (Å²) in [5, 5.41) is 0. The predicted molar refractivity (Wildman–Crippen MR) is 97.1 cm³/mol. The Bertz CT molecular complexity index is 791. The third-order valence-electron chi connectivity index (χ3n) is 5.61. The molecule has 3 atom stereocenters. The van der Waals surface area contributed by atoms with Gasteiger partial charge in [0.1, 0.15) is 11.9 Å². The summed E-state index contributed by atoms with van der Waals surface area (Å²) >= 11 is 0. The maximum Gasteiger partial charge on any atom is 0.410 e. The molecule has 2 aromatic carbocycles. The lowest BCUT2D eigenvalue weighted by molar-refractivity contribution is -0.0165. The van der Waals surface area contributed by atoms with Crippen molar-refractivity contribution in [3.63, 3.8) is 0 Å². The highest BCUT2D eigenvalue weighted by Gasteiger charge is 2.38. The van der Waals surface area contributed by atoms with Gasteiger partial charge in [-0.25, -0.2) is 9.18 Å². The molecule has 0 bridgehead atoms. The van der Waals surface area contributed by atoms with Crippen LogP contribution in [0.4, 0.5) is 9.18 Å². The second-order valence-corrected chi connectivity index (χ2v) is 7.09. The van der Waals surface area contributed by atoms with E-state index in [2.05, 4.69) is 6.07 Å². The Morgan fingerprint density at radius 2 is 1.92 bits per heavy atom. The van der Waals surface area contributed by atoms with Crippen molar-refractivity contribution in [1.29, 1.82) is 0 Å². The molecule has 2 N–H and O–H groups in total. The van der Waals surface area contributed by atoms with Gasteiger partial charge >= 0.3 is 6.09 Å².